The van der Waals surface area contributed by atoms with E-state index in [-0.39, 0.29) is 5.91 Å². The summed E-state index contributed by atoms with van der Waals surface area (Å²) in [5.41, 5.74) is 5.32. The second kappa shape index (κ2) is 5.17. The van der Waals surface area contributed by atoms with Gasteiger partial charge < -0.3 is 10.6 Å². The van der Waals surface area contributed by atoms with Crippen LogP contribution in [0.15, 0.2) is 0 Å². The van der Waals surface area contributed by atoms with E-state index in [1.54, 1.807) is 0 Å². The lowest BCUT2D eigenvalue weighted by Crippen LogP contribution is -2.55. The van der Waals surface area contributed by atoms with Gasteiger partial charge in [0.1, 0.15) is 0 Å². The van der Waals surface area contributed by atoms with Gasteiger partial charge in [-0.05, 0) is 32.1 Å². The van der Waals surface area contributed by atoms with Crippen molar-refractivity contribution in [3.05, 3.63) is 0 Å². The molecule has 16 heavy (non-hydrogen) atoms. The van der Waals surface area contributed by atoms with Crippen molar-refractivity contribution < 1.29 is 4.79 Å². The number of carbonyl (C=O) groups excluding carboxylic acids is 1. The van der Waals surface area contributed by atoms with Crippen LogP contribution in [0.2, 0.25) is 0 Å². The molecule has 0 bridgehead atoms. The highest BCUT2D eigenvalue weighted by atomic mass is 16.2. The van der Waals surface area contributed by atoms with Crippen LogP contribution in [0.25, 0.3) is 0 Å². The average Bonchev–Trinajstić information content (AvgIpc) is 2.27. The summed E-state index contributed by atoms with van der Waals surface area (Å²) in [6, 6.07) is 0.385. The largest absolute Gasteiger partial charge is 0.341 e. The van der Waals surface area contributed by atoms with Gasteiger partial charge in [0, 0.05) is 13.1 Å². The molecule has 0 saturated heterocycles. The summed E-state index contributed by atoms with van der Waals surface area (Å²) in [6.07, 6.45) is 5.59. The molecule has 94 valence electrons. The SMILES string of the molecule is CCC(C)(N)C(=O)N(C)C1CCCCC1C. The van der Waals surface area contributed by atoms with Crippen LogP contribution in [-0.2, 0) is 4.79 Å². The van der Waals surface area contributed by atoms with Gasteiger partial charge in [-0.2, -0.15) is 0 Å². The first-order valence-corrected chi connectivity index (χ1v) is 6.46. The van der Waals surface area contributed by atoms with Crippen molar-refractivity contribution in [1.29, 1.82) is 0 Å². The quantitative estimate of drug-likeness (QED) is 0.801. The molecule has 0 aromatic carbocycles. The minimum Gasteiger partial charge on any atom is -0.341 e. The van der Waals surface area contributed by atoms with Crippen molar-refractivity contribution in [2.45, 2.75) is 64.5 Å². The predicted octanol–water partition coefficient (Wildman–Crippen LogP) is 2.15. The molecule has 3 nitrogen and oxygen atoms in total. The zero-order valence-electron chi connectivity index (χ0n) is 11.1. The lowest BCUT2D eigenvalue weighted by atomic mass is 9.84. The van der Waals surface area contributed by atoms with E-state index in [0.717, 1.165) is 6.42 Å². The van der Waals surface area contributed by atoms with Crippen molar-refractivity contribution in [3.63, 3.8) is 0 Å². The second-order valence-electron chi connectivity index (χ2n) is 5.52. The number of rotatable bonds is 3. The van der Waals surface area contributed by atoms with Crippen molar-refractivity contribution >= 4 is 5.91 Å². The number of nitrogens with two attached hydrogens (primary N) is 1. The van der Waals surface area contributed by atoms with Gasteiger partial charge in [0.05, 0.1) is 5.54 Å². The maximum Gasteiger partial charge on any atom is 0.242 e. The molecule has 0 aliphatic heterocycles. The number of nitrogens with zero attached hydrogens (tertiary/aromatic N) is 1. The van der Waals surface area contributed by atoms with E-state index in [0.29, 0.717) is 18.4 Å². The predicted molar refractivity (Wildman–Crippen MR) is 67.1 cm³/mol. The molecule has 3 heteroatoms. The number of hydrogen-bond acceptors (Lipinski definition) is 2. The molecule has 3 unspecified atom stereocenters. The summed E-state index contributed by atoms with van der Waals surface area (Å²) in [6.45, 7) is 6.04. The molecule has 1 rings (SSSR count). The molecule has 1 aliphatic rings. The zero-order valence-corrected chi connectivity index (χ0v) is 11.1. The molecule has 1 aliphatic carbocycles. The molecule has 2 N–H and O–H groups in total. The van der Waals surface area contributed by atoms with Crippen LogP contribution in [-0.4, -0.2) is 29.4 Å². The van der Waals surface area contributed by atoms with Crippen LogP contribution in [0.3, 0.4) is 0 Å². The summed E-state index contributed by atoms with van der Waals surface area (Å²) >= 11 is 0. The first kappa shape index (κ1) is 13.5. The van der Waals surface area contributed by atoms with Crippen LogP contribution >= 0.6 is 0 Å². The molecule has 0 aromatic rings. The van der Waals surface area contributed by atoms with E-state index >= 15 is 0 Å². The Bertz CT molecular complexity index is 250. The van der Waals surface area contributed by atoms with Gasteiger partial charge in [0.15, 0.2) is 0 Å². The lowest BCUT2D eigenvalue weighted by Gasteiger charge is -2.39. The van der Waals surface area contributed by atoms with E-state index in [2.05, 4.69) is 6.92 Å². The lowest BCUT2D eigenvalue weighted by molar-refractivity contribution is -0.139. The third-order valence-corrected chi connectivity index (χ3v) is 4.11. The molecular weight excluding hydrogens is 200 g/mol. The molecule has 1 saturated carbocycles. The van der Waals surface area contributed by atoms with Crippen molar-refractivity contribution in [2.75, 3.05) is 7.05 Å². The summed E-state index contributed by atoms with van der Waals surface area (Å²) in [5.74, 6) is 0.698. The van der Waals surface area contributed by atoms with Crippen LogP contribution in [0.1, 0.15) is 52.9 Å². The summed E-state index contributed by atoms with van der Waals surface area (Å²) < 4.78 is 0. The van der Waals surface area contributed by atoms with Crippen LogP contribution in [0.4, 0.5) is 0 Å². The Kier molecular flexibility index (Phi) is 4.36. The number of hydrogen-bond donors (Lipinski definition) is 1. The minimum absolute atomic E-state index is 0.0914. The van der Waals surface area contributed by atoms with Crippen molar-refractivity contribution in [1.82, 2.24) is 4.90 Å². The summed E-state index contributed by atoms with van der Waals surface area (Å²) in [4.78, 5) is 14.1. The third-order valence-electron chi connectivity index (χ3n) is 4.11. The zero-order chi connectivity index (χ0) is 12.3. The second-order valence-corrected chi connectivity index (χ2v) is 5.52. The van der Waals surface area contributed by atoms with Crippen molar-refractivity contribution in [3.8, 4) is 0 Å². The minimum atomic E-state index is -0.702. The molecule has 3 atom stereocenters. The van der Waals surface area contributed by atoms with Gasteiger partial charge in [0.25, 0.3) is 0 Å². The first-order valence-electron chi connectivity index (χ1n) is 6.46. The molecule has 1 fully saturated rings. The third kappa shape index (κ3) is 2.76. The van der Waals surface area contributed by atoms with Gasteiger partial charge in [-0.15, -0.1) is 0 Å². The monoisotopic (exact) mass is 226 g/mol. The molecule has 1 amide bonds. The molecule has 0 aromatic heterocycles. The van der Waals surface area contributed by atoms with Gasteiger partial charge in [-0.25, -0.2) is 0 Å². The van der Waals surface area contributed by atoms with E-state index in [9.17, 15) is 4.79 Å². The van der Waals surface area contributed by atoms with E-state index in [4.69, 9.17) is 5.73 Å². The van der Waals surface area contributed by atoms with Gasteiger partial charge in [-0.3, -0.25) is 4.79 Å². The molecule has 0 radical (unpaired) electrons. The summed E-state index contributed by atoms with van der Waals surface area (Å²) in [5, 5.41) is 0. The van der Waals surface area contributed by atoms with E-state index in [1.807, 2.05) is 25.8 Å². The van der Waals surface area contributed by atoms with Crippen molar-refractivity contribution in [2.24, 2.45) is 11.7 Å². The van der Waals surface area contributed by atoms with Gasteiger partial charge in [0.2, 0.25) is 5.91 Å². The van der Waals surface area contributed by atoms with Gasteiger partial charge in [-0.1, -0.05) is 26.7 Å². The topological polar surface area (TPSA) is 46.3 Å². The Morgan fingerprint density at radius 1 is 1.44 bits per heavy atom. The summed E-state index contributed by atoms with van der Waals surface area (Å²) in [7, 11) is 1.91. The maximum atomic E-state index is 12.2. The first-order chi connectivity index (χ1) is 7.40. The van der Waals surface area contributed by atoms with E-state index in [1.165, 1.54) is 19.3 Å². The normalized spacial score (nSPS) is 29.6. The number of carbonyl (C=O) groups is 1. The highest BCUT2D eigenvalue weighted by molar-refractivity contribution is 5.85. The number of amides is 1. The number of likely N-dealkylation sites (N-methyl/N-ethyl adjacent to an activating group) is 1. The fourth-order valence-corrected chi connectivity index (χ4v) is 2.58. The van der Waals surface area contributed by atoms with E-state index < -0.39 is 5.54 Å². The fraction of sp³-hybridized carbons (Fsp3) is 0.923. The molecular formula is C13H26N2O. The van der Waals surface area contributed by atoms with Crippen LogP contribution < -0.4 is 5.73 Å². The average molecular weight is 226 g/mol. The maximum absolute atomic E-state index is 12.2. The standard InChI is InChI=1S/C13H26N2O/c1-5-13(3,14)12(16)15(4)11-9-7-6-8-10(11)2/h10-11H,5-9,14H2,1-4H3. The smallest absolute Gasteiger partial charge is 0.242 e. The Hall–Kier alpha value is -0.570. The molecule has 0 heterocycles. The highest BCUT2D eigenvalue weighted by Crippen LogP contribution is 2.28. The highest BCUT2D eigenvalue weighted by Gasteiger charge is 2.35. The Morgan fingerprint density at radius 2 is 2.00 bits per heavy atom. The fourth-order valence-electron chi connectivity index (χ4n) is 2.58. The van der Waals surface area contributed by atoms with Crippen LogP contribution in [0, 0.1) is 5.92 Å². The Balaban J connectivity index is 2.69. The van der Waals surface area contributed by atoms with Gasteiger partial charge >= 0.3 is 0 Å². The molecule has 0 spiro atoms. The Labute approximate surface area is 99.4 Å². The Morgan fingerprint density at radius 3 is 2.50 bits per heavy atom. The van der Waals surface area contributed by atoms with Crippen LogP contribution in [0.5, 0.6) is 0 Å².